The molecule has 0 unspecified atom stereocenters. The Bertz CT molecular complexity index is 1390. The predicted octanol–water partition coefficient (Wildman–Crippen LogP) is 7.21. The lowest BCUT2D eigenvalue weighted by Gasteiger charge is -2.48. The van der Waals surface area contributed by atoms with Gasteiger partial charge in [-0.15, -0.1) is 0 Å². The molecule has 3 aliphatic heterocycles. The van der Waals surface area contributed by atoms with Crippen LogP contribution in [0.4, 0.5) is 0 Å². The SMILES string of the molecule is COC(=O)[C@@]12CC(=O)[C@@H](C(C)C)CC(=O)[C@@H](C)CCC[C@@H](C)/C=C3/O[C@@](C)(C[C@@H]31)/C1=C/C[C@](C)(O)[C@H]3CC[C@@](C)(O3)[C@H](O)CC/C(C)=C\[C@H]12. The zero-order valence-corrected chi connectivity index (χ0v) is 31.5. The Morgan fingerprint density at radius 2 is 1.76 bits per heavy atom. The molecule has 1 saturated carbocycles. The van der Waals surface area contributed by atoms with Crippen molar-refractivity contribution in [2.24, 2.45) is 40.9 Å². The molecular weight excluding hydrogens is 620 g/mol. The van der Waals surface area contributed by atoms with Gasteiger partial charge in [0, 0.05) is 42.9 Å². The average Bonchev–Trinajstić information content (AvgIpc) is 3.58. The van der Waals surface area contributed by atoms with Crippen LogP contribution < -0.4 is 0 Å². The molecule has 5 aliphatic rings. The van der Waals surface area contributed by atoms with Crippen LogP contribution >= 0.6 is 0 Å². The number of ether oxygens (including phenoxy) is 3. The Labute approximate surface area is 294 Å². The standard InChI is InChI=1S/C41H62O8/c1-24(2)28-21-32(42)27(5)12-10-11-25(3)20-34-31-22-40(8,48-34)29-15-17-38(6,46)36-16-18-39(7,49-36)35(44)14-13-26(4)19-30(29)41(31,23-33(28)43)37(45)47-9/h15,19-20,24-25,27-28,30-31,35-36,44,46H,10-14,16-18,21-23H2,1-9H3/b26-19-,29-15+,34-20+/t25-,27+,28-,30-,31+,35-,36-,38+,39-,40+,41-/m1/s1. The number of esters is 1. The first kappa shape index (κ1) is 38.0. The van der Waals surface area contributed by atoms with Crippen LogP contribution in [0, 0.1) is 40.9 Å². The Kier molecular flexibility index (Phi) is 10.9. The summed E-state index contributed by atoms with van der Waals surface area (Å²) in [6.45, 7) is 15.9. The lowest BCUT2D eigenvalue weighted by Crippen LogP contribution is -2.54. The maximum atomic E-state index is 14.7. The fraction of sp³-hybridized carbons (Fsp3) is 0.780. The third kappa shape index (κ3) is 7.13. The van der Waals surface area contributed by atoms with Gasteiger partial charge in [-0.1, -0.05) is 51.8 Å². The van der Waals surface area contributed by atoms with E-state index in [1.54, 1.807) is 6.92 Å². The summed E-state index contributed by atoms with van der Waals surface area (Å²) in [5.41, 5.74) is -2.29. The molecule has 8 nitrogen and oxygen atoms in total. The van der Waals surface area contributed by atoms with Crippen molar-refractivity contribution in [3.63, 3.8) is 0 Å². The molecule has 274 valence electrons. The number of allylic oxidation sites excluding steroid dienone is 4. The molecule has 0 radical (unpaired) electrons. The molecule has 0 aromatic heterocycles. The normalized spacial score (nSPS) is 47.0. The Morgan fingerprint density at radius 3 is 2.43 bits per heavy atom. The van der Waals surface area contributed by atoms with Crippen molar-refractivity contribution in [3.8, 4) is 0 Å². The third-order valence-corrected chi connectivity index (χ3v) is 13.1. The Hall–Kier alpha value is -2.29. The van der Waals surface area contributed by atoms with Crippen LogP contribution in [0.3, 0.4) is 0 Å². The molecule has 2 saturated heterocycles. The van der Waals surface area contributed by atoms with Gasteiger partial charge < -0.3 is 24.4 Å². The second kappa shape index (κ2) is 14.0. The largest absolute Gasteiger partial charge is 0.488 e. The van der Waals surface area contributed by atoms with Crippen LogP contribution in [0.5, 0.6) is 0 Å². The molecule has 0 spiro atoms. The van der Waals surface area contributed by atoms with E-state index in [4.69, 9.17) is 14.2 Å². The summed E-state index contributed by atoms with van der Waals surface area (Å²) in [6.07, 6.45) is 10.7. The van der Waals surface area contributed by atoms with Gasteiger partial charge in [0.05, 0.1) is 41.7 Å². The van der Waals surface area contributed by atoms with Crippen molar-refractivity contribution in [1.82, 2.24) is 0 Å². The van der Waals surface area contributed by atoms with Crippen LogP contribution in [0.25, 0.3) is 0 Å². The highest BCUT2D eigenvalue weighted by Gasteiger charge is 2.67. The molecule has 2 N–H and O–H groups in total. The van der Waals surface area contributed by atoms with Crippen molar-refractivity contribution in [2.45, 2.75) is 155 Å². The molecule has 0 aromatic carbocycles. The molecule has 11 atom stereocenters. The van der Waals surface area contributed by atoms with Crippen LogP contribution in [-0.2, 0) is 28.6 Å². The zero-order valence-electron chi connectivity index (χ0n) is 31.5. The average molecular weight is 683 g/mol. The van der Waals surface area contributed by atoms with Crippen molar-refractivity contribution in [3.05, 3.63) is 35.1 Å². The number of Topliss-reactive ketones (excluding diaryl/α,β-unsaturated/α-hetero) is 2. The number of fused-ring (bicyclic) bond motifs is 6. The molecule has 49 heavy (non-hydrogen) atoms. The molecule has 4 bridgehead atoms. The molecule has 3 fully saturated rings. The fourth-order valence-corrected chi connectivity index (χ4v) is 9.65. The van der Waals surface area contributed by atoms with E-state index in [0.29, 0.717) is 32.1 Å². The van der Waals surface area contributed by atoms with Gasteiger partial charge >= 0.3 is 5.97 Å². The molecule has 2 aliphatic carbocycles. The highest BCUT2D eigenvalue weighted by Crippen LogP contribution is 2.64. The van der Waals surface area contributed by atoms with E-state index < -0.39 is 58.1 Å². The number of aliphatic hydroxyl groups excluding tert-OH is 1. The van der Waals surface area contributed by atoms with Crippen LogP contribution in [0.2, 0.25) is 0 Å². The van der Waals surface area contributed by atoms with Crippen molar-refractivity contribution >= 4 is 17.5 Å². The lowest BCUT2D eigenvalue weighted by molar-refractivity contribution is -0.162. The van der Waals surface area contributed by atoms with Gasteiger partial charge in [0.25, 0.3) is 0 Å². The summed E-state index contributed by atoms with van der Waals surface area (Å²) in [4.78, 5) is 42.9. The van der Waals surface area contributed by atoms with Gasteiger partial charge in [-0.3, -0.25) is 14.4 Å². The van der Waals surface area contributed by atoms with Gasteiger partial charge in [0.15, 0.2) is 0 Å². The summed E-state index contributed by atoms with van der Waals surface area (Å²) in [5, 5.41) is 23.3. The molecule has 0 aromatic rings. The van der Waals surface area contributed by atoms with Gasteiger partial charge in [0.2, 0.25) is 0 Å². The van der Waals surface area contributed by atoms with Gasteiger partial charge in [-0.05, 0) is 96.1 Å². The van der Waals surface area contributed by atoms with Crippen molar-refractivity contribution in [1.29, 1.82) is 0 Å². The van der Waals surface area contributed by atoms with Crippen LogP contribution in [-0.4, -0.2) is 63.9 Å². The maximum Gasteiger partial charge on any atom is 0.313 e. The minimum Gasteiger partial charge on any atom is -0.488 e. The first-order valence-electron chi connectivity index (χ1n) is 18.9. The molecule has 5 rings (SSSR count). The number of carbonyl (C=O) groups is 3. The number of carbonyl (C=O) groups excluding carboxylic acids is 3. The summed E-state index contributed by atoms with van der Waals surface area (Å²) in [5.74, 6) is -1.36. The van der Waals surface area contributed by atoms with E-state index in [9.17, 15) is 24.6 Å². The number of ketones is 2. The lowest BCUT2D eigenvalue weighted by atomic mass is 9.52. The predicted molar refractivity (Wildman–Crippen MR) is 188 cm³/mol. The van der Waals surface area contributed by atoms with Gasteiger partial charge in [-0.2, -0.15) is 0 Å². The minimum atomic E-state index is -1.33. The van der Waals surface area contributed by atoms with Crippen LogP contribution in [0.15, 0.2) is 35.1 Å². The van der Waals surface area contributed by atoms with E-state index >= 15 is 0 Å². The number of methoxy groups -OCH3 is 1. The third-order valence-electron chi connectivity index (χ3n) is 13.1. The van der Waals surface area contributed by atoms with E-state index in [1.165, 1.54) is 7.11 Å². The zero-order chi connectivity index (χ0) is 36.1. The Balaban J connectivity index is 1.75. The van der Waals surface area contributed by atoms with E-state index in [0.717, 1.165) is 36.2 Å². The summed E-state index contributed by atoms with van der Waals surface area (Å²) >= 11 is 0. The van der Waals surface area contributed by atoms with Gasteiger partial charge in [-0.25, -0.2) is 0 Å². The second-order valence-electron chi connectivity index (χ2n) is 17.4. The number of hydrogen-bond acceptors (Lipinski definition) is 8. The number of rotatable bonds is 2. The maximum absolute atomic E-state index is 14.7. The fourth-order valence-electron chi connectivity index (χ4n) is 9.65. The first-order valence-corrected chi connectivity index (χ1v) is 18.9. The highest BCUT2D eigenvalue weighted by molar-refractivity contribution is 5.93. The van der Waals surface area contributed by atoms with E-state index in [1.807, 2.05) is 40.7 Å². The molecule has 3 heterocycles. The summed E-state index contributed by atoms with van der Waals surface area (Å²) < 4.78 is 19.1. The topological polar surface area (TPSA) is 119 Å². The van der Waals surface area contributed by atoms with Crippen molar-refractivity contribution in [2.75, 3.05) is 7.11 Å². The highest BCUT2D eigenvalue weighted by atomic mass is 16.5. The van der Waals surface area contributed by atoms with Crippen molar-refractivity contribution < 1.29 is 38.8 Å². The quantitative estimate of drug-likeness (QED) is 0.232. The first-order chi connectivity index (χ1) is 22.9. The minimum absolute atomic E-state index is 0.0873. The molecular formula is C41H62O8. The number of aliphatic hydroxyl groups is 2. The van der Waals surface area contributed by atoms with Gasteiger partial charge in [0.1, 0.15) is 17.2 Å². The monoisotopic (exact) mass is 682 g/mol. The van der Waals surface area contributed by atoms with E-state index in [-0.39, 0.29) is 48.6 Å². The Morgan fingerprint density at radius 1 is 1.04 bits per heavy atom. The smallest absolute Gasteiger partial charge is 0.313 e. The molecule has 0 amide bonds. The summed E-state index contributed by atoms with van der Waals surface area (Å²) in [6, 6.07) is 0. The molecule has 8 heteroatoms. The second-order valence-corrected chi connectivity index (χ2v) is 17.4. The van der Waals surface area contributed by atoms with E-state index in [2.05, 4.69) is 26.0 Å². The van der Waals surface area contributed by atoms with Crippen LogP contribution in [0.1, 0.15) is 126 Å². The number of hydrogen-bond donors (Lipinski definition) is 2. The summed E-state index contributed by atoms with van der Waals surface area (Å²) in [7, 11) is 1.39.